The maximum Gasteiger partial charge on any atom is 0.217 e. The van der Waals surface area contributed by atoms with Crippen LogP contribution in [-0.4, -0.2) is 25.1 Å². The molecule has 0 atom stereocenters. The highest BCUT2D eigenvalue weighted by Crippen LogP contribution is 2.15. The van der Waals surface area contributed by atoms with E-state index in [1.54, 1.807) is 10.9 Å². The molecule has 0 spiro atoms. The minimum atomic E-state index is -0.118. The number of aliphatic hydroxyl groups is 1. The molecule has 0 radical (unpaired) electrons. The van der Waals surface area contributed by atoms with Crippen molar-refractivity contribution >= 4 is 11.1 Å². The maximum absolute atomic E-state index is 8.88. The predicted molar refractivity (Wildman–Crippen MR) is 59.1 cm³/mol. The second-order valence-corrected chi connectivity index (χ2v) is 3.64. The number of aliphatic hydroxyl groups excluding tert-OH is 1. The van der Waals surface area contributed by atoms with Crippen LogP contribution in [0.3, 0.4) is 0 Å². The van der Waals surface area contributed by atoms with Gasteiger partial charge in [0, 0.05) is 0 Å². The lowest BCUT2D eigenvalue weighted by Gasteiger charge is -1.92. The summed E-state index contributed by atoms with van der Waals surface area (Å²) in [7, 11) is 0. The summed E-state index contributed by atoms with van der Waals surface area (Å²) in [6.07, 6.45) is 1.66. The first-order valence-electron chi connectivity index (χ1n) is 5.19. The summed E-state index contributed by atoms with van der Waals surface area (Å²) >= 11 is 0. The lowest BCUT2D eigenvalue weighted by Crippen LogP contribution is -2.00. The zero-order chi connectivity index (χ0) is 11.7. The molecule has 0 aliphatic heterocycles. The first-order chi connectivity index (χ1) is 8.35. The standard InChI is InChI=1S/C11H10N4O2/c16-7-8-5-15(14-13-8)6-11-12-9-3-1-2-4-10(9)17-11/h1-5,16H,6-7H2. The van der Waals surface area contributed by atoms with Crippen LogP contribution in [-0.2, 0) is 13.2 Å². The van der Waals surface area contributed by atoms with Gasteiger partial charge in [0.25, 0.3) is 0 Å². The Bertz CT molecular complexity index is 611. The minimum Gasteiger partial charge on any atom is -0.439 e. The molecule has 2 aromatic heterocycles. The van der Waals surface area contributed by atoms with E-state index < -0.39 is 0 Å². The van der Waals surface area contributed by atoms with E-state index in [1.807, 2.05) is 24.3 Å². The fraction of sp³-hybridized carbons (Fsp3) is 0.182. The SMILES string of the molecule is OCc1cn(Cc2nc3ccccc3o2)nn1. The zero-order valence-electron chi connectivity index (χ0n) is 8.95. The third-order valence-corrected chi connectivity index (χ3v) is 2.38. The van der Waals surface area contributed by atoms with Crippen LogP contribution in [0.1, 0.15) is 11.6 Å². The number of oxazole rings is 1. The van der Waals surface area contributed by atoms with Crippen molar-refractivity contribution in [3.8, 4) is 0 Å². The van der Waals surface area contributed by atoms with Gasteiger partial charge in [0.2, 0.25) is 5.89 Å². The largest absolute Gasteiger partial charge is 0.439 e. The lowest BCUT2D eigenvalue weighted by molar-refractivity contribution is 0.276. The lowest BCUT2D eigenvalue weighted by atomic mass is 10.3. The van der Waals surface area contributed by atoms with Gasteiger partial charge < -0.3 is 9.52 Å². The number of benzene rings is 1. The fourth-order valence-corrected chi connectivity index (χ4v) is 1.61. The Hall–Kier alpha value is -2.21. The minimum absolute atomic E-state index is 0.118. The molecule has 0 aliphatic carbocycles. The van der Waals surface area contributed by atoms with Crippen molar-refractivity contribution in [1.82, 2.24) is 20.0 Å². The van der Waals surface area contributed by atoms with Crippen LogP contribution in [0.15, 0.2) is 34.9 Å². The summed E-state index contributed by atoms with van der Waals surface area (Å²) < 4.78 is 7.13. The summed E-state index contributed by atoms with van der Waals surface area (Å²) in [5.41, 5.74) is 2.11. The van der Waals surface area contributed by atoms with Gasteiger partial charge in [0.1, 0.15) is 17.8 Å². The van der Waals surface area contributed by atoms with Gasteiger partial charge in [0.05, 0.1) is 12.8 Å². The molecule has 0 amide bonds. The summed E-state index contributed by atoms with van der Waals surface area (Å²) in [6.45, 7) is 0.287. The number of para-hydroxylation sites is 2. The molecule has 3 aromatic rings. The van der Waals surface area contributed by atoms with Crippen LogP contribution in [0, 0.1) is 0 Å². The Morgan fingerprint density at radius 2 is 2.18 bits per heavy atom. The molecule has 1 aromatic carbocycles. The van der Waals surface area contributed by atoms with Gasteiger partial charge in [-0.25, -0.2) is 9.67 Å². The summed E-state index contributed by atoms with van der Waals surface area (Å²) in [4.78, 5) is 4.33. The molecule has 6 nitrogen and oxygen atoms in total. The van der Waals surface area contributed by atoms with Crippen molar-refractivity contribution in [2.45, 2.75) is 13.2 Å². The van der Waals surface area contributed by atoms with Gasteiger partial charge in [-0.3, -0.25) is 0 Å². The maximum atomic E-state index is 8.88. The molecular weight excluding hydrogens is 220 g/mol. The van der Waals surface area contributed by atoms with Crippen molar-refractivity contribution in [2.75, 3.05) is 0 Å². The van der Waals surface area contributed by atoms with E-state index in [1.165, 1.54) is 0 Å². The Morgan fingerprint density at radius 1 is 1.29 bits per heavy atom. The fourth-order valence-electron chi connectivity index (χ4n) is 1.61. The van der Waals surface area contributed by atoms with Gasteiger partial charge in [0.15, 0.2) is 5.58 Å². The average Bonchev–Trinajstić information content (AvgIpc) is 2.94. The first-order valence-corrected chi connectivity index (χ1v) is 5.19. The molecule has 86 valence electrons. The van der Waals surface area contributed by atoms with Crippen molar-refractivity contribution in [1.29, 1.82) is 0 Å². The summed E-state index contributed by atoms with van der Waals surface area (Å²) in [5, 5.41) is 16.5. The highest BCUT2D eigenvalue weighted by molar-refractivity contribution is 5.72. The normalized spacial score (nSPS) is 11.1. The molecule has 2 heterocycles. The van der Waals surface area contributed by atoms with E-state index in [4.69, 9.17) is 9.52 Å². The smallest absolute Gasteiger partial charge is 0.217 e. The van der Waals surface area contributed by atoms with Crippen LogP contribution in [0.5, 0.6) is 0 Å². The number of fused-ring (bicyclic) bond motifs is 1. The third-order valence-electron chi connectivity index (χ3n) is 2.38. The van der Waals surface area contributed by atoms with Gasteiger partial charge in [-0.15, -0.1) is 5.10 Å². The molecular formula is C11H10N4O2. The van der Waals surface area contributed by atoms with Gasteiger partial charge >= 0.3 is 0 Å². The molecule has 3 rings (SSSR count). The number of aromatic nitrogens is 4. The van der Waals surface area contributed by atoms with Crippen molar-refractivity contribution in [2.24, 2.45) is 0 Å². The topological polar surface area (TPSA) is 77.0 Å². The van der Waals surface area contributed by atoms with Crippen molar-refractivity contribution < 1.29 is 9.52 Å². The molecule has 0 saturated carbocycles. The summed E-state index contributed by atoms with van der Waals surface area (Å²) in [6, 6.07) is 7.57. The molecule has 0 saturated heterocycles. The highest BCUT2D eigenvalue weighted by atomic mass is 16.3. The van der Waals surface area contributed by atoms with Crippen molar-refractivity contribution in [3.05, 3.63) is 42.0 Å². The number of rotatable bonds is 3. The van der Waals surface area contributed by atoms with Gasteiger partial charge in [-0.05, 0) is 12.1 Å². The Kier molecular flexibility index (Phi) is 2.34. The Labute approximate surface area is 96.5 Å². The quantitative estimate of drug-likeness (QED) is 0.725. The van der Waals surface area contributed by atoms with Crippen LogP contribution < -0.4 is 0 Å². The second kappa shape index (κ2) is 3.99. The zero-order valence-corrected chi connectivity index (χ0v) is 8.95. The first kappa shape index (κ1) is 9.98. The van der Waals surface area contributed by atoms with E-state index in [2.05, 4.69) is 15.3 Å². The molecule has 0 aliphatic rings. The van der Waals surface area contributed by atoms with E-state index in [0.29, 0.717) is 18.1 Å². The van der Waals surface area contributed by atoms with Crippen molar-refractivity contribution in [3.63, 3.8) is 0 Å². The summed E-state index contributed by atoms with van der Waals surface area (Å²) in [5.74, 6) is 0.570. The van der Waals surface area contributed by atoms with E-state index in [0.717, 1.165) is 11.1 Å². The number of hydrogen-bond acceptors (Lipinski definition) is 5. The molecule has 0 bridgehead atoms. The Balaban J connectivity index is 1.89. The van der Waals surface area contributed by atoms with Crippen LogP contribution in [0.2, 0.25) is 0 Å². The van der Waals surface area contributed by atoms with Crippen LogP contribution >= 0.6 is 0 Å². The van der Waals surface area contributed by atoms with E-state index in [9.17, 15) is 0 Å². The van der Waals surface area contributed by atoms with Crippen LogP contribution in [0.25, 0.3) is 11.1 Å². The monoisotopic (exact) mass is 230 g/mol. The number of hydrogen-bond donors (Lipinski definition) is 1. The van der Waals surface area contributed by atoms with Gasteiger partial charge in [-0.1, -0.05) is 17.3 Å². The van der Waals surface area contributed by atoms with E-state index in [-0.39, 0.29) is 6.61 Å². The molecule has 6 heteroatoms. The predicted octanol–water partition coefficient (Wildman–Crippen LogP) is 0.960. The molecule has 1 N–H and O–H groups in total. The Morgan fingerprint density at radius 3 is 2.94 bits per heavy atom. The molecule has 0 fully saturated rings. The highest BCUT2D eigenvalue weighted by Gasteiger charge is 2.07. The van der Waals surface area contributed by atoms with Crippen LogP contribution in [0.4, 0.5) is 0 Å². The number of nitrogens with zero attached hydrogens (tertiary/aromatic N) is 4. The van der Waals surface area contributed by atoms with E-state index >= 15 is 0 Å². The molecule has 0 unspecified atom stereocenters. The second-order valence-electron chi connectivity index (χ2n) is 3.64. The average molecular weight is 230 g/mol. The van der Waals surface area contributed by atoms with Gasteiger partial charge in [-0.2, -0.15) is 0 Å². The molecule has 17 heavy (non-hydrogen) atoms. The third kappa shape index (κ3) is 1.90.